The van der Waals surface area contributed by atoms with Gasteiger partial charge in [-0.05, 0) is 48.6 Å². The third kappa shape index (κ3) is 4.37. The van der Waals surface area contributed by atoms with Crippen LogP contribution in [0.5, 0.6) is 11.5 Å². The number of aromatic amines is 1. The van der Waals surface area contributed by atoms with Crippen molar-refractivity contribution in [2.24, 2.45) is 5.92 Å². The number of phenolic OH excluding ortho intramolecular Hbond substituents is 1. The molecule has 0 aliphatic rings. The average molecular weight is 390 g/mol. The Morgan fingerprint density at radius 1 is 1.33 bits per heavy atom. The van der Waals surface area contributed by atoms with Crippen molar-refractivity contribution in [2.75, 3.05) is 13.7 Å². The fourth-order valence-corrected chi connectivity index (χ4v) is 4.01. The van der Waals surface area contributed by atoms with Gasteiger partial charge in [0.05, 0.1) is 12.5 Å². The molecule has 0 amide bonds. The molecule has 144 valence electrons. The van der Waals surface area contributed by atoms with Crippen LogP contribution in [0.4, 0.5) is 0 Å². The lowest BCUT2D eigenvalue weighted by Gasteiger charge is -2.13. The van der Waals surface area contributed by atoms with Crippen LogP contribution in [0.15, 0.2) is 41.6 Å². The second-order valence-corrected chi connectivity index (χ2v) is 8.13. The van der Waals surface area contributed by atoms with Crippen LogP contribution in [0.3, 0.4) is 0 Å². The number of ether oxygens (including phenoxy) is 1. The van der Waals surface area contributed by atoms with E-state index in [0.29, 0.717) is 23.3 Å². The molecule has 0 bridgehead atoms. The lowest BCUT2D eigenvalue weighted by molar-refractivity contribution is 0.372. The maximum Gasteiger partial charge on any atom is 0.258 e. The summed E-state index contributed by atoms with van der Waals surface area (Å²) >= 11 is 0. The van der Waals surface area contributed by atoms with Crippen LogP contribution in [0.1, 0.15) is 18.9 Å². The molecule has 0 saturated carbocycles. The number of hydrogen-bond donors (Lipinski definition) is 3. The minimum atomic E-state index is -3.70. The largest absolute Gasteiger partial charge is 0.504 e. The number of aromatic hydroxyl groups is 1. The van der Waals surface area contributed by atoms with Crippen molar-refractivity contribution < 1.29 is 18.3 Å². The monoisotopic (exact) mass is 390 g/mol. The lowest BCUT2D eigenvalue weighted by atomic mass is 10.0. The number of aryl methyl sites for hydroxylation is 1. The highest BCUT2D eigenvalue weighted by atomic mass is 32.2. The molecule has 1 atom stereocenters. The van der Waals surface area contributed by atoms with E-state index in [1.807, 2.05) is 13.0 Å². The molecule has 3 rings (SSSR count). The number of rotatable bonds is 8. The minimum absolute atomic E-state index is 0.0288. The molecule has 0 aliphatic heterocycles. The van der Waals surface area contributed by atoms with E-state index in [0.717, 1.165) is 18.4 Å². The number of nitrogens with one attached hydrogen (secondary N) is 2. The topological polar surface area (TPSA) is 117 Å². The Kier molecular flexibility index (Phi) is 5.62. The van der Waals surface area contributed by atoms with Gasteiger partial charge in [0, 0.05) is 12.7 Å². The second kappa shape index (κ2) is 7.93. The van der Waals surface area contributed by atoms with Gasteiger partial charge in [0.1, 0.15) is 0 Å². The van der Waals surface area contributed by atoms with Gasteiger partial charge in [-0.3, -0.25) is 5.10 Å². The summed E-state index contributed by atoms with van der Waals surface area (Å²) in [6.45, 7) is 2.28. The SMILES string of the molecule is COc1cc(CC[C@@H](C)CNS(=O)(=O)c2[nH]nc3ncccc23)ccc1O. The molecule has 1 aromatic carbocycles. The van der Waals surface area contributed by atoms with Gasteiger partial charge in [-0.15, -0.1) is 0 Å². The van der Waals surface area contributed by atoms with Gasteiger partial charge in [0.2, 0.25) is 0 Å². The Morgan fingerprint density at radius 2 is 2.15 bits per heavy atom. The number of pyridine rings is 1. The molecule has 3 N–H and O–H groups in total. The first-order chi connectivity index (χ1) is 12.9. The number of nitrogens with zero attached hydrogens (tertiary/aromatic N) is 2. The third-order valence-electron chi connectivity index (χ3n) is 4.36. The zero-order chi connectivity index (χ0) is 19.4. The van der Waals surface area contributed by atoms with Crippen LogP contribution in [0, 0.1) is 5.92 Å². The summed E-state index contributed by atoms with van der Waals surface area (Å²) in [4.78, 5) is 4.03. The molecule has 8 nitrogen and oxygen atoms in total. The number of sulfonamides is 1. The van der Waals surface area contributed by atoms with Gasteiger partial charge >= 0.3 is 0 Å². The zero-order valence-electron chi connectivity index (χ0n) is 15.1. The Balaban J connectivity index is 1.59. The van der Waals surface area contributed by atoms with Gasteiger partial charge < -0.3 is 9.84 Å². The summed E-state index contributed by atoms with van der Waals surface area (Å²) in [5.41, 5.74) is 1.39. The maximum atomic E-state index is 12.6. The first-order valence-corrected chi connectivity index (χ1v) is 10.0. The molecule has 0 saturated heterocycles. The van der Waals surface area contributed by atoms with Gasteiger partial charge in [-0.25, -0.2) is 18.1 Å². The van der Waals surface area contributed by atoms with Crippen molar-refractivity contribution in [2.45, 2.75) is 24.8 Å². The summed E-state index contributed by atoms with van der Waals surface area (Å²) < 4.78 is 32.8. The second-order valence-electron chi connectivity index (χ2n) is 6.43. The molecule has 0 aliphatic carbocycles. The number of aromatic nitrogens is 3. The average Bonchev–Trinajstić information content (AvgIpc) is 3.11. The Bertz CT molecular complexity index is 1030. The summed E-state index contributed by atoms with van der Waals surface area (Å²) in [5.74, 6) is 0.649. The highest BCUT2D eigenvalue weighted by molar-refractivity contribution is 7.89. The highest BCUT2D eigenvalue weighted by Gasteiger charge is 2.21. The van der Waals surface area contributed by atoms with E-state index in [4.69, 9.17) is 4.74 Å². The molecule has 9 heteroatoms. The first-order valence-electron chi connectivity index (χ1n) is 8.55. The van der Waals surface area contributed by atoms with E-state index in [1.165, 1.54) is 7.11 Å². The number of fused-ring (bicyclic) bond motifs is 1. The Hall–Kier alpha value is -2.65. The van der Waals surface area contributed by atoms with Crippen LogP contribution in [-0.2, 0) is 16.4 Å². The van der Waals surface area contributed by atoms with Crippen molar-refractivity contribution in [1.29, 1.82) is 0 Å². The summed E-state index contributed by atoms with van der Waals surface area (Å²) in [7, 11) is -2.19. The lowest BCUT2D eigenvalue weighted by Crippen LogP contribution is -2.29. The van der Waals surface area contributed by atoms with Crippen molar-refractivity contribution in [3.05, 3.63) is 42.1 Å². The maximum absolute atomic E-state index is 12.6. The van der Waals surface area contributed by atoms with Crippen molar-refractivity contribution in [3.63, 3.8) is 0 Å². The Labute approximate surface area is 157 Å². The first kappa shape index (κ1) is 19.1. The van der Waals surface area contributed by atoms with Crippen LogP contribution in [0.25, 0.3) is 11.0 Å². The van der Waals surface area contributed by atoms with Gasteiger partial charge in [0.15, 0.2) is 22.2 Å². The number of H-pyrrole nitrogens is 1. The fourth-order valence-electron chi connectivity index (χ4n) is 2.75. The molecule has 2 heterocycles. The quantitative estimate of drug-likeness (QED) is 0.543. The highest BCUT2D eigenvalue weighted by Crippen LogP contribution is 2.27. The fraction of sp³-hybridized carbons (Fsp3) is 0.333. The van der Waals surface area contributed by atoms with E-state index >= 15 is 0 Å². The number of methoxy groups -OCH3 is 1. The minimum Gasteiger partial charge on any atom is -0.504 e. The van der Waals surface area contributed by atoms with Gasteiger partial charge in [0.25, 0.3) is 10.0 Å². The Morgan fingerprint density at radius 3 is 2.93 bits per heavy atom. The van der Waals surface area contributed by atoms with E-state index in [2.05, 4.69) is 19.9 Å². The number of hydrogen-bond acceptors (Lipinski definition) is 6. The zero-order valence-corrected chi connectivity index (χ0v) is 16.0. The van der Waals surface area contributed by atoms with E-state index in [1.54, 1.807) is 30.5 Å². The standard InChI is InChI=1S/C18H22N4O4S/c1-12(5-6-13-7-8-15(23)16(10-13)26-2)11-20-27(24,25)18-14-4-3-9-19-17(14)21-22-18/h3-4,7-10,12,20,23H,5-6,11H2,1-2H3,(H,19,21,22)/t12-/m1/s1. The molecule has 0 fully saturated rings. The third-order valence-corrected chi connectivity index (χ3v) is 5.75. The summed E-state index contributed by atoms with van der Waals surface area (Å²) in [6, 6.07) is 8.56. The van der Waals surface area contributed by atoms with Crippen LogP contribution >= 0.6 is 0 Å². The predicted molar refractivity (Wildman–Crippen MR) is 101 cm³/mol. The van der Waals surface area contributed by atoms with Gasteiger partial charge in [-0.2, -0.15) is 5.10 Å². The molecule has 0 radical (unpaired) electrons. The smallest absolute Gasteiger partial charge is 0.258 e. The van der Waals surface area contributed by atoms with Crippen LogP contribution < -0.4 is 9.46 Å². The van der Waals surface area contributed by atoms with E-state index in [-0.39, 0.29) is 16.7 Å². The van der Waals surface area contributed by atoms with E-state index in [9.17, 15) is 13.5 Å². The summed E-state index contributed by atoms with van der Waals surface area (Å²) in [5, 5.41) is 16.6. The molecular weight excluding hydrogens is 368 g/mol. The molecule has 2 aromatic heterocycles. The molecular formula is C18H22N4O4S. The van der Waals surface area contributed by atoms with E-state index < -0.39 is 10.0 Å². The van der Waals surface area contributed by atoms with Crippen LogP contribution in [0.2, 0.25) is 0 Å². The molecule has 0 unspecified atom stereocenters. The summed E-state index contributed by atoms with van der Waals surface area (Å²) in [6.07, 6.45) is 3.09. The van der Waals surface area contributed by atoms with Crippen LogP contribution in [-0.4, -0.2) is 42.4 Å². The van der Waals surface area contributed by atoms with Crippen molar-refractivity contribution in [1.82, 2.24) is 19.9 Å². The molecule has 0 spiro atoms. The van der Waals surface area contributed by atoms with Crippen molar-refractivity contribution >= 4 is 21.1 Å². The van der Waals surface area contributed by atoms with Crippen molar-refractivity contribution in [3.8, 4) is 11.5 Å². The van der Waals surface area contributed by atoms with Gasteiger partial charge in [-0.1, -0.05) is 13.0 Å². The molecule has 27 heavy (non-hydrogen) atoms. The predicted octanol–water partition coefficient (Wildman–Crippen LogP) is 2.22. The number of benzene rings is 1. The molecule has 3 aromatic rings. The normalized spacial score (nSPS) is 13.0. The number of phenols is 1.